The van der Waals surface area contributed by atoms with Gasteiger partial charge >= 0.3 is 11.7 Å². The van der Waals surface area contributed by atoms with E-state index in [1.54, 1.807) is 38.1 Å². The highest BCUT2D eigenvalue weighted by Gasteiger charge is 2.32. The summed E-state index contributed by atoms with van der Waals surface area (Å²) in [4.78, 5) is 51.5. The van der Waals surface area contributed by atoms with Gasteiger partial charge in [-0.2, -0.15) is 5.10 Å². The van der Waals surface area contributed by atoms with Gasteiger partial charge in [0.2, 0.25) is 5.88 Å². The van der Waals surface area contributed by atoms with Crippen molar-refractivity contribution in [1.29, 1.82) is 0 Å². The summed E-state index contributed by atoms with van der Waals surface area (Å²) in [6.07, 6.45) is 0.870. The Kier molecular flexibility index (Phi) is 7.99. The maximum Gasteiger partial charge on any atom is 0.338 e. The lowest BCUT2D eigenvalue weighted by Gasteiger charge is -2.30. The topological polar surface area (TPSA) is 187 Å². The number of nitrogens with one attached hydrogen (secondary N) is 5. The molecule has 1 aromatic heterocycles. The van der Waals surface area contributed by atoms with Crippen molar-refractivity contribution in [3.8, 4) is 11.6 Å². The van der Waals surface area contributed by atoms with Crippen molar-refractivity contribution in [3.63, 3.8) is 0 Å². The lowest BCUT2D eigenvalue weighted by molar-refractivity contribution is -0.139. The number of nitrogens with zero attached hydrogens (tertiary/aromatic N) is 1. The smallest absolute Gasteiger partial charge is 0.338 e. The molecule has 1 atom stereocenters. The first-order valence-corrected chi connectivity index (χ1v) is 10.7. The number of carbonyl (C=O) groups is 2. The highest BCUT2D eigenvalue weighted by molar-refractivity contribution is 7.80. The summed E-state index contributed by atoms with van der Waals surface area (Å²) in [5.41, 5.74) is 1.41. The second-order valence-corrected chi connectivity index (χ2v) is 7.49. The van der Waals surface area contributed by atoms with Crippen LogP contribution in [0, 0.1) is 0 Å². The minimum atomic E-state index is -0.888. The summed E-state index contributed by atoms with van der Waals surface area (Å²) in [6.45, 7) is 3.12. The molecule has 6 N–H and O–H groups in total. The summed E-state index contributed by atoms with van der Waals surface area (Å²) < 4.78 is 10.8. The first-order valence-electron chi connectivity index (χ1n) is 10.3. The average Bonchev–Trinajstić information content (AvgIpc) is 2.79. The zero-order valence-electron chi connectivity index (χ0n) is 18.6. The molecular formula is C21H22N6O7S. The molecule has 1 aliphatic heterocycles. The highest BCUT2D eigenvalue weighted by Crippen LogP contribution is 2.33. The number of ether oxygens (including phenoxy) is 2. The van der Waals surface area contributed by atoms with E-state index in [9.17, 15) is 24.3 Å². The zero-order valence-corrected chi connectivity index (χ0v) is 19.4. The van der Waals surface area contributed by atoms with Crippen LogP contribution in [0.15, 0.2) is 50.2 Å². The SMILES string of the molecule is CCOC(=O)C1=C(C)NC(=S)N[C@H]1c1ccccc1OCC(=O)NN=Cc1c(O)[nH]c(=O)[nH]c1=O. The number of hydrazone groups is 1. The number of esters is 1. The second-order valence-electron chi connectivity index (χ2n) is 7.08. The summed E-state index contributed by atoms with van der Waals surface area (Å²) in [5, 5.41) is 19.4. The van der Waals surface area contributed by atoms with Gasteiger partial charge in [-0.3, -0.25) is 19.6 Å². The summed E-state index contributed by atoms with van der Waals surface area (Å²) in [6, 6.07) is 6.09. The van der Waals surface area contributed by atoms with E-state index < -0.39 is 41.7 Å². The number of benzene rings is 1. The molecule has 184 valence electrons. The third kappa shape index (κ3) is 6.11. The number of aromatic nitrogens is 2. The summed E-state index contributed by atoms with van der Waals surface area (Å²) >= 11 is 5.24. The Bertz CT molecular complexity index is 1330. The molecule has 0 fully saturated rings. The number of amides is 1. The maximum absolute atomic E-state index is 12.6. The van der Waals surface area contributed by atoms with Gasteiger partial charge in [0.25, 0.3) is 11.5 Å². The van der Waals surface area contributed by atoms with Crippen LogP contribution < -0.4 is 32.0 Å². The van der Waals surface area contributed by atoms with Crippen molar-refractivity contribution in [2.45, 2.75) is 19.9 Å². The molecule has 0 spiro atoms. The number of allylic oxidation sites excluding steroid dienone is 1. The van der Waals surface area contributed by atoms with E-state index in [1.165, 1.54) is 0 Å². The van der Waals surface area contributed by atoms with Gasteiger partial charge in [-0.1, -0.05) is 18.2 Å². The Balaban J connectivity index is 1.74. The molecule has 1 aromatic carbocycles. The standard InChI is InChI=1S/C21H22N6O7S/c1-3-33-19(31)15-10(2)23-21(35)24-16(15)11-6-4-5-7-13(11)34-9-14(28)27-22-8-12-17(29)25-20(32)26-18(12)30/h4-8,16H,3,9H2,1-2H3,(H,27,28)(H2,23,24,35)(H3,25,26,29,30,32)/t16-/m0/s1. The Morgan fingerprint density at radius 1 is 1.26 bits per heavy atom. The molecule has 0 unspecified atom stereocenters. The van der Waals surface area contributed by atoms with E-state index >= 15 is 0 Å². The van der Waals surface area contributed by atoms with Crippen molar-refractivity contribution in [3.05, 3.63) is 67.5 Å². The monoisotopic (exact) mass is 502 g/mol. The van der Waals surface area contributed by atoms with Crippen LogP contribution in [0.2, 0.25) is 0 Å². The van der Waals surface area contributed by atoms with Gasteiger partial charge in [-0.15, -0.1) is 0 Å². The van der Waals surface area contributed by atoms with Crippen LogP contribution in [-0.4, -0.2) is 51.5 Å². The van der Waals surface area contributed by atoms with Gasteiger partial charge in [-0.05, 0) is 32.1 Å². The second kappa shape index (κ2) is 11.1. The Morgan fingerprint density at radius 3 is 2.71 bits per heavy atom. The van der Waals surface area contributed by atoms with E-state index in [0.717, 1.165) is 6.21 Å². The van der Waals surface area contributed by atoms with E-state index in [4.69, 9.17) is 21.7 Å². The lowest BCUT2D eigenvalue weighted by Crippen LogP contribution is -2.45. The van der Waals surface area contributed by atoms with Gasteiger partial charge < -0.3 is 25.2 Å². The molecule has 0 bridgehead atoms. The predicted octanol–water partition coefficient (Wildman–Crippen LogP) is -0.346. The van der Waals surface area contributed by atoms with E-state index in [2.05, 4.69) is 21.2 Å². The van der Waals surface area contributed by atoms with Gasteiger partial charge in [-0.25, -0.2) is 15.0 Å². The number of para-hydroxylation sites is 1. The quantitative estimate of drug-likeness (QED) is 0.121. The largest absolute Gasteiger partial charge is 0.494 e. The first kappa shape index (κ1) is 25.2. The molecular weight excluding hydrogens is 480 g/mol. The van der Waals surface area contributed by atoms with Crippen LogP contribution in [0.5, 0.6) is 11.6 Å². The van der Waals surface area contributed by atoms with Crippen molar-refractivity contribution in [2.24, 2.45) is 5.10 Å². The Hall–Kier alpha value is -4.46. The molecule has 0 aliphatic carbocycles. The van der Waals surface area contributed by atoms with Gasteiger partial charge in [0, 0.05) is 11.3 Å². The minimum Gasteiger partial charge on any atom is -0.494 e. The fraction of sp³-hybridized carbons (Fsp3) is 0.238. The normalized spacial score (nSPS) is 15.4. The van der Waals surface area contributed by atoms with Crippen LogP contribution in [0.4, 0.5) is 0 Å². The van der Waals surface area contributed by atoms with Gasteiger partial charge in [0.05, 0.1) is 24.4 Å². The fourth-order valence-electron chi connectivity index (χ4n) is 3.21. The van der Waals surface area contributed by atoms with Gasteiger partial charge in [0.15, 0.2) is 11.7 Å². The van der Waals surface area contributed by atoms with Crippen LogP contribution in [0.1, 0.15) is 31.0 Å². The number of H-pyrrole nitrogens is 2. The number of carbonyl (C=O) groups excluding carboxylic acids is 2. The molecule has 3 rings (SSSR count). The van der Waals surface area contributed by atoms with Crippen LogP contribution >= 0.6 is 12.2 Å². The van der Waals surface area contributed by atoms with Gasteiger partial charge in [0.1, 0.15) is 11.3 Å². The molecule has 1 aliphatic rings. The number of rotatable bonds is 8. The molecule has 0 saturated heterocycles. The van der Waals surface area contributed by atoms with Crippen molar-refractivity contribution in [2.75, 3.05) is 13.2 Å². The average molecular weight is 503 g/mol. The third-order valence-corrected chi connectivity index (χ3v) is 4.91. The number of thiocarbonyl (C=S) groups is 1. The molecule has 0 saturated carbocycles. The van der Waals surface area contributed by atoms with E-state index in [1.807, 2.05) is 9.97 Å². The van der Waals surface area contributed by atoms with Crippen LogP contribution in [0.25, 0.3) is 0 Å². The Morgan fingerprint density at radius 2 is 2.00 bits per heavy atom. The third-order valence-electron chi connectivity index (χ3n) is 4.69. The number of hydrogen-bond donors (Lipinski definition) is 6. The summed E-state index contributed by atoms with van der Waals surface area (Å²) in [7, 11) is 0. The molecule has 14 heteroatoms. The highest BCUT2D eigenvalue weighted by atomic mass is 32.1. The van der Waals surface area contributed by atoms with Crippen LogP contribution in [0.3, 0.4) is 0 Å². The Labute approximate surface area is 203 Å². The van der Waals surface area contributed by atoms with Crippen molar-refractivity contribution < 1.29 is 24.2 Å². The van der Waals surface area contributed by atoms with Crippen molar-refractivity contribution in [1.82, 2.24) is 26.0 Å². The molecule has 1 amide bonds. The van der Waals surface area contributed by atoms with E-state index in [-0.39, 0.29) is 12.2 Å². The molecule has 2 aromatic rings. The van der Waals surface area contributed by atoms with E-state index in [0.29, 0.717) is 27.7 Å². The molecule has 13 nitrogen and oxygen atoms in total. The molecule has 35 heavy (non-hydrogen) atoms. The zero-order chi connectivity index (χ0) is 25.5. The lowest BCUT2D eigenvalue weighted by atomic mass is 9.95. The fourth-order valence-corrected chi connectivity index (χ4v) is 3.48. The minimum absolute atomic E-state index is 0.189. The number of aromatic hydroxyl groups is 1. The maximum atomic E-state index is 12.6. The van der Waals surface area contributed by atoms with Crippen molar-refractivity contribution >= 4 is 35.4 Å². The number of hydrogen-bond acceptors (Lipinski definition) is 9. The molecule has 2 heterocycles. The predicted molar refractivity (Wildman–Crippen MR) is 128 cm³/mol. The van der Waals surface area contributed by atoms with Crippen LogP contribution in [-0.2, 0) is 14.3 Å². The number of aromatic amines is 2. The molecule has 0 radical (unpaired) electrons. The first-order chi connectivity index (χ1) is 16.7. The summed E-state index contributed by atoms with van der Waals surface area (Å²) in [5.74, 6) is -1.60.